The fourth-order valence-electron chi connectivity index (χ4n) is 2.06. The van der Waals surface area contributed by atoms with Gasteiger partial charge in [0.25, 0.3) is 5.91 Å². The van der Waals surface area contributed by atoms with E-state index in [9.17, 15) is 14.4 Å². The van der Waals surface area contributed by atoms with E-state index in [1.165, 1.54) is 0 Å². The van der Waals surface area contributed by atoms with Gasteiger partial charge in [-0.3, -0.25) is 9.59 Å². The van der Waals surface area contributed by atoms with Gasteiger partial charge < -0.3 is 20.5 Å². The molecule has 1 aliphatic rings. The first kappa shape index (κ1) is 20.5. The van der Waals surface area contributed by atoms with Gasteiger partial charge in [-0.05, 0) is 12.3 Å². The van der Waals surface area contributed by atoms with E-state index in [2.05, 4.69) is 10.6 Å². The lowest BCUT2D eigenvalue weighted by Crippen LogP contribution is -2.56. The largest absolute Gasteiger partial charge is 0.479 e. The van der Waals surface area contributed by atoms with Gasteiger partial charge >= 0.3 is 5.97 Å². The quantitative estimate of drug-likeness (QED) is 0.393. The molecule has 1 saturated heterocycles. The van der Waals surface area contributed by atoms with E-state index in [-0.39, 0.29) is 5.92 Å². The van der Waals surface area contributed by atoms with Crippen molar-refractivity contribution in [3.8, 4) is 0 Å². The maximum atomic E-state index is 12.4. The van der Waals surface area contributed by atoms with E-state index in [0.29, 0.717) is 12.5 Å². The van der Waals surface area contributed by atoms with Crippen molar-refractivity contribution < 1.29 is 24.2 Å². The summed E-state index contributed by atoms with van der Waals surface area (Å²) in [5.41, 5.74) is 0. The third kappa shape index (κ3) is 5.26. The van der Waals surface area contributed by atoms with Gasteiger partial charge in [-0.15, -0.1) is 0 Å². The van der Waals surface area contributed by atoms with Crippen LogP contribution in [0, 0.1) is 11.8 Å². The van der Waals surface area contributed by atoms with Crippen molar-refractivity contribution >= 4 is 33.5 Å². The first-order valence-corrected chi connectivity index (χ1v) is 8.02. The maximum Gasteiger partial charge on any atom is 0.336 e. The van der Waals surface area contributed by atoms with Crippen molar-refractivity contribution in [1.82, 2.24) is 10.6 Å². The van der Waals surface area contributed by atoms with Crippen LogP contribution in [0.1, 0.15) is 34.1 Å². The molecule has 0 aliphatic carbocycles. The zero-order valence-electron chi connectivity index (χ0n) is 14.5. The highest BCUT2D eigenvalue weighted by Crippen LogP contribution is 2.32. The molecule has 1 fully saturated rings. The molecule has 1 heterocycles. The van der Waals surface area contributed by atoms with E-state index in [4.69, 9.17) is 25.5 Å². The minimum absolute atomic E-state index is 0.311. The Hall–Kier alpha value is -1.50. The van der Waals surface area contributed by atoms with E-state index >= 15 is 0 Å². The Morgan fingerprint density at radius 3 is 2.17 bits per heavy atom. The highest BCUT2D eigenvalue weighted by Gasteiger charge is 2.52. The highest BCUT2D eigenvalue weighted by atomic mass is 16.6. The molecule has 4 radical (unpaired) electrons. The number of carbonyl (C=O) groups is 3. The molecule has 0 aromatic rings. The van der Waals surface area contributed by atoms with Crippen LogP contribution < -0.4 is 10.6 Å². The molecule has 3 atom stereocenters. The van der Waals surface area contributed by atoms with Gasteiger partial charge in [-0.1, -0.05) is 38.8 Å². The molecular formula is C15H24B2N2O5. The molecule has 3 N–H and O–H groups in total. The Labute approximate surface area is 145 Å². The molecular weight excluding hydrogens is 310 g/mol. The molecule has 0 unspecified atom stereocenters. The van der Waals surface area contributed by atoms with Crippen LogP contribution in [-0.2, 0) is 19.1 Å². The van der Waals surface area contributed by atoms with E-state index in [1.54, 1.807) is 13.8 Å². The Balaban J connectivity index is 2.77. The second kappa shape index (κ2) is 8.05. The zero-order chi connectivity index (χ0) is 18.7. The van der Waals surface area contributed by atoms with Crippen molar-refractivity contribution in [3.05, 3.63) is 0 Å². The van der Waals surface area contributed by atoms with Gasteiger partial charge in [0.2, 0.25) is 5.91 Å². The lowest BCUT2D eigenvalue weighted by Gasteiger charge is -2.38. The fourth-order valence-corrected chi connectivity index (χ4v) is 2.06. The number of rotatable bonds is 9. The Morgan fingerprint density at radius 2 is 1.75 bits per heavy atom. The molecule has 0 aromatic carbocycles. The number of nitrogens with one attached hydrogen (secondary N) is 2. The van der Waals surface area contributed by atoms with Crippen LogP contribution >= 0.6 is 0 Å². The number of amides is 2. The minimum atomic E-state index is -1.49. The molecule has 2 amide bonds. The predicted molar refractivity (Wildman–Crippen MR) is 89.7 cm³/mol. The number of carboxylic acids is 1. The van der Waals surface area contributed by atoms with Crippen molar-refractivity contribution in [2.75, 3.05) is 6.54 Å². The molecule has 9 heteroatoms. The summed E-state index contributed by atoms with van der Waals surface area (Å²) in [6, 6.07) is -1.20. The minimum Gasteiger partial charge on any atom is -0.479 e. The fraction of sp³-hybridized carbons (Fsp3) is 0.800. The third-order valence-corrected chi connectivity index (χ3v) is 4.06. The van der Waals surface area contributed by atoms with Crippen LogP contribution in [0.15, 0.2) is 0 Å². The van der Waals surface area contributed by atoms with E-state index in [0.717, 1.165) is 6.42 Å². The van der Waals surface area contributed by atoms with Gasteiger partial charge in [0, 0.05) is 6.54 Å². The van der Waals surface area contributed by atoms with Crippen LogP contribution in [0.3, 0.4) is 0 Å². The normalized spacial score (nSPS) is 21.4. The first-order chi connectivity index (χ1) is 11.0. The molecule has 0 bridgehead atoms. The summed E-state index contributed by atoms with van der Waals surface area (Å²) >= 11 is 0. The van der Waals surface area contributed by atoms with Crippen LogP contribution in [0.25, 0.3) is 0 Å². The third-order valence-electron chi connectivity index (χ3n) is 4.06. The van der Waals surface area contributed by atoms with Gasteiger partial charge in [0.05, 0.1) is 21.7 Å². The van der Waals surface area contributed by atoms with Gasteiger partial charge in [0.15, 0.2) is 12.2 Å². The second-order valence-corrected chi connectivity index (χ2v) is 6.89. The van der Waals surface area contributed by atoms with Crippen molar-refractivity contribution in [2.24, 2.45) is 11.8 Å². The highest BCUT2D eigenvalue weighted by molar-refractivity contribution is 6.42. The Kier molecular flexibility index (Phi) is 6.89. The number of hydrogen-bond acceptors (Lipinski definition) is 4. The number of carbonyl (C=O) groups excluding carboxylic acids is 2. The van der Waals surface area contributed by atoms with Crippen molar-refractivity contribution in [2.45, 2.75) is 57.6 Å². The monoisotopic (exact) mass is 334 g/mol. The molecule has 0 spiro atoms. The average Bonchev–Trinajstić information content (AvgIpc) is 3.24. The standard InChI is InChI=1S/C15H24B2N2O5/c1-7(2)5-6-18-13(21)11(15(16,17)8(3)4)19-12(20)9-10(24-9)14(22)23/h7-11H,5-6H2,1-4H3,(H,18,21)(H,19,20)(H,22,23)/t9-,10-,11+/m0/s1. The first-order valence-electron chi connectivity index (χ1n) is 8.02. The van der Waals surface area contributed by atoms with Crippen LogP contribution in [0.5, 0.6) is 0 Å². The molecule has 24 heavy (non-hydrogen) atoms. The van der Waals surface area contributed by atoms with Crippen LogP contribution in [0.2, 0.25) is 5.21 Å². The summed E-state index contributed by atoms with van der Waals surface area (Å²) in [7, 11) is 12.1. The zero-order valence-corrected chi connectivity index (χ0v) is 14.5. The number of epoxide rings is 1. The number of hydrogen-bond donors (Lipinski definition) is 3. The number of ether oxygens (including phenoxy) is 1. The van der Waals surface area contributed by atoms with Crippen LogP contribution in [-0.4, -0.2) is 63.4 Å². The number of aliphatic carboxylic acids is 1. The van der Waals surface area contributed by atoms with E-state index in [1.807, 2.05) is 13.8 Å². The van der Waals surface area contributed by atoms with Gasteiger partial charge in [0.1, 0.15) is 0 Å². The van der Waals surface area contributed by atoms with Gasteiger partial charge in [-0.2, -0.15) is 0 Å². The summed E-state index contributed by atoms with van der Waals surface area (Å²) in [5, 5.41) is 12.4. The molecule has 1 aliphatic heterocycles. The topological polar surface area (TPSA) is 108 Å². The summed E-state index contributed by atoms with van der Waals surface area (Å²) in [4.78, 5) is 35.3. The summed E-state index contributed by atoms with van der Waals surface area (Å²) in [6.45, 7) is 7.93. The molecule has 0 aromatic heterocycles. The smallest absolute Gasteiger partial charge is 0.336 e. The Morgan fingerprint density at radius 1 is 1.17 bits per heavy atom. The maximum absolute atomic E-state index is 12.4. The number of carboxylic acid groups (broad SMARTS) is 1. The second-order valence-electron chi connectivity index (χ2n) is 6.89. The summed E-state index contributed by atoms with van der Waals surface area (Å²) in [6.07, 6.45) is -1.56. The molecule has 7 nitrogen and oxygen atoms in total. The summed E-state index contributed by atoms with van der Waals surface area (Å²) < 4.78 is 4.78. The Bertz CT molecular complexity index is 496. The average molecular weight is 334 g/mol. The van der Waals surface area contributed by atoms with Crippen molar-refractivity contribution in [1.29, 1.82) is 0 Å². The van der Waals surface area contributed by atoms with E-state index < -0.39 is 41.2 Å². The van der Waals surface area contributed by atoms with Crippen molar-refractivity contribution in [3.63, 3.8) is 0 Å². The molecule has 1 rings (SSSR count). The lowest BCUT2D eigenvalue weighted by molar-refractivity contribution is -0.138. The SMILES string of the molecule is [B]C([B])(C(C)C)[C@H](NC(=O)[C@H]1O[C@@H]1C(=O)O)C(=O)NCCC(C)C. The predicted octanol–water partition coefficient (Wildman–Crippen LogP) is -0.405. The lowest BCUT2D eigenvalue weighted by atomic mass is 9.45. The molecule has 130 valence electrons. The van der Waals surface area contributed by atoms with Gasteiger partial charge in [-0.25, -0.2) is 4.79 Å². The molecule has 0 saturated carbocycles. The summed E-state index contributed by atoms with van der Waals surface area (Å²) in [5.74, 6) is -2.36. The van der Waals surface area contributed by atoms with Crippen LogP contribution in [0.4, 0.5) is 0 Å².